The number of benzene rings is 1. The van der Waals surface area contributed by atoms with Crippen LogP contribution in [-0.4, -0.2) is 21.9 Å². The molecule has 0 saturated carbocycles. The molecular weight excluding hydrogens is 396 g/mol. The molecular formula is C24H28N2O3S. The number of ketones is 1. The van der Waals surface area contributed by atoms with Gasteiger partial charge in [-0.3, -0.25) is 4.79 Å². The van der Waals surface area contributed by atoms with Gasteiger partial charge in [-0.15, -0.1) is 11.3 Å². The highest BCUT2D eigenvalue weighted by Gasteiger charge is 2.14. The van der Waals surface area contributed by atoms with Gasteiger partial charge in [0, 0.05) is 5.92 Å². The van der Waals surface area contributed by atoms with Crippen LogP contribution < -0.4 is 4.74 Å². The van der Waals surface area contributed by atoms with Gasteiger partial charge in [0.15, 0.2) is 5.78 Å². The first-order valence-electron chi connectivity index (χ1n) is 9.49. The van der Waals surface area contributed by atoms with Gasteiger partial charge in [0.2, 0.25) is 5.88 Å². The first kappa shape index (κ1) is 23.3. The lowest BCUT2D eigenvalue weighted by atomic mass is 10.0. The molecule has 0 radical (unpaired) electrons. The van der Waals surface area contributed by atoms with Crippen molar-refractivity contribution in [1.82, 2.24) is 9.97 Å². The van der Waals surface area contributed by atoms with Crippen molar-refractivity contribution in [2.75, 3.05) is 0 Å². The van der Waals surface area contributed by atoms with Crippen molar-refractivity contribution in [3.8, 4) is 16.5 Å². The van der Waals surface area contributed by atoms with Crippen molar-refractivity contribution in [2.24, 2.45) is 5.92 Å². The SMILES string of the molecule is C.CC(C)C(=O)c1ccoc1.CC(C)Oc1nc2ccccc2nc1-c1cccs1. The number of hydrogen-bond acceptors (Lipinski definition) is 6. The lowest BCUT2D eigenvalue weighted by Crippen LogP contribution is -2.08. The molecule has 0 aliphatic carbocycles. The van der Waals surface area contributed by atoms with Crippen LogP contribution in [0.3, 0.4) is 0 Å². The second-order valence-electron chi connectivity index (χ2n) is 7.04. The van der Waals surface area contributed by atoms with Gasteiger partial charge >= 0.3 is 0 Å². The minimum Gasteiger partial charge on any atom is -0.473 e. The highest BCUT2D eigenvalue weighted by molar-refractivity contribution is 7.13. The normalized spacial score (nSPS) is 10.5. The summed E-state index contributed by atoms with van der Waals surface area (Å²) >= 11 is 1.64. The number of furan rings is 1. The smallest absolute Gasteiger partial charge is 0.242 e. The van der Waals surface area contributed by atoms with Crippen LogP contribution in [0, 0.1) is 5.92 Å². The minimum absolute atomic E-state index is 0. The molecule has 3 heterocycles. The van der Waals surface area contributed by atoms with Crippen LogP contribution in [-0.2, 0) is 0 Å². The molecule has 0 bridgehead atoms. The third kappa shape index (κ3) is 5.76. The number of Topliss-reactive ketones (excluding diaryl/α,β-unsaturated/α-hetero) is 1. The van der Waals surface area contributed by atoms with Crippen LogP contribution in [0.25, 0.3) is 21.6 Å². The number of para-hydroxylation sites is 2. The van der Waals surface area contributed by atoms with Crippen LogP contribution in [0.15, 0.2) is 64.8 Å². The molecule has 0 saturated heterocycles. The van der Waals surface area contributed by atoms with Gasteiger partial charge in [-0.25, -0.2) is 9.97 Å². The number of carbonyl (C=O) groups excluding carboxylic acids is 1. The maximum atomic E-state index is 11.1. The van der Waals surface area contributed by atoms with Gasteiger partial charge in [0.05, 0.1) is 33.8 Å². The first-order chi connectivity index (χ1) is 14.0. The average molecular weight is 425 g/mol. The van der Waals surface area contributed by atoms with Gasteiger partial charge in [-0.1, -0.05) is 39.5 Å². The van der Waals surface area contributed by atoms with Crippen molar-refractivity contribution in [3.05, 3.63) is 65.9 Å². The van der Waals surface area contributed by atoms with E-state index in [-0.39, 0.29) is 25.2 Å². The number of thiophene rings is 1. The summed E-state index contributed by atoms with van der Waals surface area (Å²) in [6.45, 7) is 7.73. The van der Waals surface area contributed by atoms with Gasteiger partial charge < -0.3 is 9.15 Å². The van der Waals surface area contributed by atoms with Crippen molar-refractivity contribution >= 4 is 28.2 Å². The summed E-state index contributed by atoms with van der Waals surface area (Å²) in [6.07, 6.45) is 3.06. The Labute approximate surface area is 181 Å². The van der Waals surface area contributed by atoms with Crippen LogP contribution in [0.4, 0.5) is 0 Å². The Morgan fingerprint density at radius 3 is 2.23 bits per heavy atom. The number of carbonyl (C=O) groups is 1. The van der Waals surface area contributed by atoms with Gasteiger partial charge in [0.1, 0.15) is 12.0 Å². The van der Waals surface area contributed by atoms with Crippen molar-refractivity contribution in [2.45, 2.75) is 41.2 Å². The highest BCUT2D eigenvalue weighted by Crippen LogP contribution is 2.32. The van der Waals surface area contributed by atoms with E-state index in [9.17, 15) is 4.79 Å². The molecule has 0 atom stereocenters. The third-order valence-electron chi connectivity index (χ3n) is 3.97. The number of ether oxygens (including phenoxy) is 1. The fraction of sp³-hybridized carbons (Fsp3) is 0.292. The number of aromatic nitrogens is 2. The Balaban J connectivity index is 0.000000249. The van der Waals surface area contributed by atoms with E-state index in [0.29, 0.717) is 11.4 Å². The van der Waals surface area contributed by atoms with Crippen LogP contribution in [0.1, 0.15) is 45.5 Å². The first-order valence-corrected chi connectivity index (χ1v) is 10.4. The van der Waals surface area contributed by atoms with E-state index in [4.69, 9.17) is 14.1 Å². The van der Waals surface area contributed by atoms with Crippen molar-refractivity contribution < 1.29 is 13.9 Å². The third-order valence-corrected chi connectivity index (χ3v) is 4.85. The van der Waals surface area contributed by atoms with Gasteiger partial charge in [-0.05, 0) is 43.5 Å². The standard InChI is InChI=1S/C15H14N2OS.C8H10O2.CH4/c1-10(2)18-15-14(13-8-5-9-19-13)16-11-6-3-4-7-12(11)17-15;1-6(2)8(9)7-3-4-10-5-7;/h3-10H,1-2H3;3-6H,1-2H3;1H4. The second kappa shape index (κ2) is 10.7. The van der Waals surface area contributed by atoms with E-state index in [1.54, 1.807) is 17.4 Å². The van der Waals surface area contributed by atoms with Gasteiger partial charge in [0.25, 0.3) is 0 Å². The second-order valence-corrected chi connectivity index (χ2v) is 7.99. The Hall–Kier alpha value is -2.99. The monoisotopic (exact) mass is 424 g/mol. The zero-order valence-electron chi connectivity index (χ0n) is 17.0. The van der Waals surface area contributed by atoms with E-state index in [0.717, 1.165) is 21.6 Å². The molecule has 0 spiro atoms. The molecule has 5 nitrogen and oxygen atoms in total. The molecule has 0 aliphatic rings. The Morgan fingerprint density at radius 2 is 1.70 bits per heavy atom. The molecule has 6 heteroatoms. The van der Waals surface area contributed by atoms with Crippen LogP contribution in [0.2, 0.25) is 0 Å². The topological polar surface area (TPSA) is 65.2 Å². The molecule has 158 valence electrons. The molecule has 4 rings (SSSR count). The number of rotatable bonds is 5. The molecule has 0 fully saturated rings. The predicted molar refractivity (Wildman–Crippen MR) is 123 cm³/mol. The lowest BCUT2D eigenvalue weighted by molar-refractivity contribution is 0.0938. The number of nitrogens with zero attached hydrogens (tertiary/aromatic N) is 2. The summed E-state index contributed by atoms with van der Waals surface area (Å²) in [5.41, 5.74) is 3.23. The largest absolute Gasteiger partial charge is 0.473 e. The Morgan fingerprint density at radius 1 is 1.00 bits per heavy atom. The summed E-state index contributed by atoms with van der Waals surface area (Å²) in [7, 11) is 0. The van der Waals surface area contributed by atoms with E-state index in [2.05, 4.69) is 4.98 Å². The fourth-order valence-electron chi connectivity index (χ4n) is 2.60. The Kier molecular flexibility index (Phi) is 8.30. The predicted octanol–water partition coefficient (Wildman–Crippen LogP) is 6.90. The molecule has 0 aliphatic heterocycles. The minimum atomic E-state index is 0. The molecule has 0 N–H and O–H groups in total. The van der Waals surface area contributed by atoms with E-state index >= 15 is 0 Å². The summed E-state index contributed by atoms with van der Waals surface area (Å²) in [6, 6.07) is 13.6. The molecule has 4 aromatic rings. The van der Waals surface area contributed by atoms with Crippen molar-refractivity contribution in [3.63, 3.8) is 0 Å². The molecule has 0 amide bonds. The zero-order chi connectivity index (χ0) is 20.8. The summed E-state index contributed by atoms with van der Waals surface area (Å²) in [4.78, 5) is 21.5. The van der Waals surface area contributed by atoms with Crippen LogP contribution in [0.5, 0.6) is 5.88 Å². The summed E-state index contributed by atoms with van der Waals surface area (Å²) in [5, 5.41) is 2.03. The fourth-order valence-corrected chi connectivity index (χ4v) is 3.31. The van der Waals surface area contributed by atoms with Crippen molar-refractivity contribution in [1.29, 1.82) is 0 Å². The number of fused-ring (bicyclic) bond motifs is 1. The lowest BCUT2D eigenvalue weighted by Gasteiger charge is -2.12. The summed E-state index contributed by atoms with van der Waals surface area (Å²) in [5.74, 6) is 0.794. The quantitative estimate of drug-likeness (QED) is 0.326. The Bertz CT molecular complexity index is 1060. The maximum absolute atomic E-state index is 11.1. The zero-order valence-corrected chi connectivity index (χ0v) is 17.8. The van der Waals surface area contributed by atoms with E-state index < -0.39 is 0 Å². The maximum Gasteiger partial charge on any atom is 0.242 e. The molecule has 3 aromatic heterocycles. The van der Waals surface area contributed by atoms with E-state index in [1.807, 2.05) is 69.5 Å². The number of hydrogen-bond donors (Lipinski definition) is 0. The van der Waals surface area contributed by atoms with Gasteiger partial charge in [-0.2, -0.15) is 0 Å². The molecule has 30 heavy (non-hydrogen) atoms. The average Bonchev–Trinajstić information content (AvgIpc) is 3.41. The van der Waals surface area contributed by atoms with Crippen LogP contribution >= 0.6 is 11.3 Å². The molecule has 1 aromatic carbocycles. The molecule has 0 unspecified atom stereocenters. The van der Waals surface area contributed by atoms with E-state index in [1.165, 1.54) is 12.5 Å². The summed E-state index contributed by atoms with van der Waals surface area (Å²) < 4.78 is 10.6. The highest BCUT2D eigenvalue weighted by atomic mass is 32.1.